The lowest BCUT2D eigenvalue weighted by Gasteiger charge is -2.32. The molecule has 0 amide bonds. The molecule has 1 N–H and O–H groups in total. The third-order valence-corrected chi connectivity index (χ3v) is 5.96. The summed E-state index contributed by atoms with van der Waals surface area (Å²) in [6.07, 6.45) is -1.28. The van der Waals surface area contributed by atoms with Crippen LogP contribution >= 0.6 is 0 Å². The molecule has 0 radical (unpaired) electrons. The molecule has 2 aromatic heterocycles. The van der Waals surface area contributed by atoms with E-state index in [0.717, 1.165) is 55.3 Å². The molecule has 3 aromatic rings. The highest BCUT2D eigenvalue weighted by Gasteiger charge is 2.30. The number of alkyl halides is 3. The summed E-state index contributed by atoms with van der Waals surface area (Å²) in [4.78, 5) is 20.9. The predicted octanol–water partition coefficient (Wildman–Crippen LogP) is 5.25. The first-order chi connectivity index (χ1) is 16.6. The van der Waals surface area contributed by atoms with Gasteiger partial charge in [0.2, 0.25) is 5.89 Å². The quantitative estimate of drug-likeness (QED) is 0.451. The molecule has 0 aliphatic carbocycles. The van der Waals surface area contributed by atoms with E-state index in [1.54, 1.807) is 0 Å². The lowest BCUT2D eigenvalue weighted by atomic mass is 9.96. The number of benzene rings is 1. The van der Waals surface area contributed by atoms with Crippen molar-refractivity contribution in [2.45, 2.75) is 51.6 Å². The van der Waals surface area contributed by atoms with E-state index in [1.165, 1.54) is 18.5 Å². The van der Waals surface area contributed by atoms with Gasteiger partial charge in [-0.05, 0) is 31.9 Å². The Morgan fingerprint density at radius 1 is 1.17 bits per heavy atom. The molecule has 0 saturated carbocycles. The van der Waals surface area contributed by atoms with Gasteiger partial charge in [0, 0.05) is 30.5 Å². The van der Waals surface area contributed by atoms with E-state index in [2.05, 4.69) is 37.1 Å². The smallest absolute Gasteiger partial charge is 0.361 e. The van der Waals surface area contributed by atoms with E-state index >= 15 is 0 Å². The fraction of sp³-hybridized carbons (Fsp3) is 0.417. The molecular weight excluding hydrogens is 461 g/mol. The maximum absolute atomic E-state index is 12.8. The number of piperidine rings is 1. The fourth-order valence-electron chi connectivity index (χ4n) is 3.86. The monoisotopic (exact) mass is 488 g/mol. The molecule has 1 aromatic carbocycles. The van der Waals surface area contributed by atoms with Crippen molar-refractivity contribution in [1.82, 2.24) is 25.6 Å². The molecule has 0 spiro atoms. The van der Waals surface area contributed by atoms with Crippen molar-refractivity contribution in [3.05, 3.63) is 65.6 Å². The highest BCUT2D eigenvalue weighted by atomic mass is 19.4. The van der Waals surface area contributed by atoms with E-state index in [4.69, 9.17) is 9.36 Å². The Bertz CT molecular complexity index is 1170. The Morgan fingerprint density at radius 2 is 1.86 bits per heavy atom. The van der Waals surface area contributed by atoms with Crippen LogP contribution in [0.4, 0.5) is 19.0 Å². The minimum atomic E-state index is -4.39. The minimum Gasteiger partial charge on any atom is -0.361 e. The van der Waals surface area contributed by atoms with E-state index in [9.17, 15) is 13.2 Å². The second-order valence-electron chi connectivity index (χ2n) is 8.79. The number of nitrogens with one attached hydrogen (secondary N) is 1. The molecule has 0 atom stereocenters. The Morgan fingerprint density at radius 3 is 2.46 bits per heavy atom. The molecule has 1 saturated heterocycles. The highest BCUT2D eigenvalue weighted by molar-refractivity contribution is 5.61. The summed E-state index contributed by atoms with van der Waals surface area (Å²) >= 11 is 0. The Labute approximate surface area is 201 Å². The van der Waals surface area contributed by atoms with Gasteiger partial charge in [0.25, 0.3) is 5.88 Å². The van der Waals surface area contributed by atoms with Gasteiger partial charge in [-0.25, -0.2) is 10.5 Å². The molecule has 11 heteroatoms. The minimum absolute atomic E-state index is 0.206. The van der Waals surface area contributed by atoms with E-state index in [1.807, 2.05) is 20.8 Å². The molecule has 35 heavy (non-hydrogen) atoms. The van der Waals surface area contributed by atoms with Crippen molar-refractivity contribution in [2.24, 2.45) is 0 Å². The van der Waals surface area contributed by atoms with E-state index in [0.29, 0.717) is 23.0 Å². The summed E-state index contributed by atoms with van der Waals surface area (Å²) < 4.78 is 43.8. The summed E-state index contributed by atoms with van der Waals surface area (Å²) in [6.45, 7) is 11.3. The van der Waals surface area contributed by atoms with Gasteiger partial charge in [0.05, 0.1) is 16.8 Å². The first kappa shape index (κ1) is 24.5. The lowest BCUT2D eigenvalue weighted by Crippen LogP contribution is -2.34. The van der Waals surface area contributed by atoms with Crippen molar-refractivity contribution in [2.75, 3.05) is 18.0 Å². The van der Waals surface area contributed by atoms with Crippen molar-refractivity contribution in [3.63, 3.8) is 0 Å². The molecule has 8 nitrogen and oxygen atoms in total. The second-order valence-corrected chi connectivity index (χ2v) is 8.79. The van der Waals surface area contributed by atoms with Gasteiger partial charge in [-0.2, -0.15) is 23.1 Å². The maximum atomic E-state index is 12.8. The largest absolute Gasteiger partial charge is 0.416 e. The van der Waals surface area contributed by atoms with Crippen LogP contribution in [-0.4, -0.2) is 33.2 Å². The molecule has 3 heterocycles. The number of halogens is 3. The van der Waals surface area contributed by atoms with Crippen LogP contribution in [-0.2, 0) is 6.18 Å². The van der Waals surface area contributed by atoms with Crippen molar-refractivity contribution in [1.29, 1.82) is 0 Å². The fourth-order valence-corrected chi connectivity index (χ4v) is 3.86. The normalized spacial score (nSPS) is 14.9. The number of hydrogen-bond donors (Lipinski definition) is 1. The average Bonchev–Trinajstić information content (AvgIpc) is 3.34. The first-order valence-electron chi connectivity index (χ1n) is 11.3. The van der Waals surface area contributed by atoms with Gasteiger partial charge >= 0.3 is 6.18 Å². The van der Waals surface area contributed by atoms with Crippen LogP contribution in [0, 0.1) is 6.92 Å². The van der Waals surface area contributed by atoms with Crippen LogP contribution in [0.2, 0.25) is 0 Å². The zero-order valence-electron chi connectivity index (χ0n) is 19.8. The van der Waals surface area contributed by atoms with Crippen LogP contribution in [0.3, 0.4) is 0 Å². The standard InChI is InChI=1S/C24H27F3N6O2/c1-14(2)20-30-23(35-32-20)18-9-11-33(12-10-18)21-15(3)22(29-13-28-21)34-31-16(4)17-5-7-19(8-6-17)24(25,26)27/h5-8,13-14,18,31H,4,9-12H2,1-3H3. The van der Waals surface area contributed by atoms with Crippen molar-refractivity contribution in [3.8, 4) is 5.88 Å². The Hall–Kier alpha value is -3.63. The lowest BCUT2D eigenvalue weighted by molar-refractivity contribution is -0.137. The number of anilines is 1. The first-order valence-corrected chi connectivity index (χ1v) is 11.3. The molecule has 186 valence electrons. The third-order valence-electron chi connectivity index (χ3n) is 5.96. The molecule has 1 fully saturated rings. The zero-order valence-corrected chi connectivity index (χ0v) is 19.8. The van der Waals surface area contributed by atoms with Crippen LogP contribution in [0.15, 0.2) is 41.7 Å². The van der Waals surface area contributed by atoms with E-state index < -0.39 is 11.7 Å². The average molecular weight is 489 g/mol. The third kappa shape index (κ3) is 5.55. The highest BCUT2D eigenvalue weighted by Crippen LogP contribution is 2.33. The molecule has 0 unspecified atom stereocenters. The van der Waals surface area contributed by atoms with Gasteiger partial charge in [-0.15, -0.1) is 0 Å². The van der Waals surface area contributed by atoms with Gasteiger partial charge < -0.3 is 14.3 Å². The predicted molar refractivity (Wildman–Crippen MR) is 124 cm³/mol. The summed E-state index contributed by atoms with van der Waals surface area (Å²) in [7, 11) is 0. The number of rotatable bonds is 7. The number of nitrogens with zero attached hydrogens (tertiary/aromatic N) is 5. The van der Waals surface area contributed by atoms with Crippen LogP contribution in [0.25, 0.3) is 5.70 Å². The Balaban J connectivity index is 1.37. The van der Waals surface area contributed by atoms with Crippen LogP contribution in [0.5, 0.6) is 5.88 Å². The van der Waals surface area contributed by atoms with Crippen LogP contribution in [0.1, 0.15) is 66.9 Å². The molecule has 0 bridgehead atoms. The van der Waals surface area contributed by atoms with Gasteiger partial charge in [-0.1, -0.05) is 37.7 Å². The Kier molecular flexibility index (Phi) is 6.95. The van der Waals surface area contributed by atoms with Gasteiger partial charge in [0.1, 0.15) is 12.1 Å². The van der Waals surface area contributed by atoms with Gasteiger partial charge in [0.15, 0.2) is 5.82 Å². The number of hydroxylamine groups is 1. The van der Waals surface area contributed by atoms with Crippen molar-refractivity contribution < 1.29 is 22.5 Å². The number of hydrogen-bond acceptors (Lipinski definition) is 8. The topological polar surface area (TPSA) is 89.2 Å². The molecular formula is C24H27F3N6O2. The summed E-state index contributed by atoms with van der Waals surface area (Å²) in [5.41, 5.74) is 3.45. The number of aromatic nitrogens is 4. The van der Waals surface area contributed by atoms with E-state index in [-0.39, 0.29) is 11.8 Å². The van der Waals surface area contributed by atoms with Gasteiger partial charge in [-0.3, -0.25) is 0 Å². The molecule has 1 aliphatic rings. The summed E-state index contributed by atoms with van der Waals surface area (Å²) in [5, 5.41) is 4.06. The van der Waals surface area contributed by atoms with Crippen LogP contribution < -0.4 is 15.2 Å². The molecule has 4 rings (SSSR count). The SMILES string of the molecule is C=C(NOc1ncnc(N2CCC(c3nc(C(C)C)no3)CC2)c1C)c1ccc(C(F)(F)F)cc1. The maximum Gasteiger partial charge on any atom is 0.416 e. The molecule has 1 aliphatic heterocycles. The summed E-state index contributed by atoms with van der Waals surface area (Å²) in [5.74, 6) is 2.90. The second kappa shape index (κ2) is 9.93. The zero-order chi connectivity index (χ0) is 25.2. The summed E-state index contributed by atoms with van der Waals surface area (Å²) in [6, 6.07) is 4.66. The van der Waals surface area contributed by atoms with Crippen molar-refractivity contribution >= 4 is 11.5 Å².